The molecule has 1 atom stereocenters. The third kappa shape index (κ3) is 2.58. The van der Waals surface area contributed by atoms with E-state index < -0.39 is 10.5 Å². The molecule has 0 saturated carbocycles. The minimum atomic E-state index is -0.531. The molecular weight excluding hydrogens is 246 g/mol. The van der Waals surface area contributed by atoms with Gasteiger partial charge in [-0.3, -0.25) is 14.9 Å². The molecule has 1 aliphatic rings. The van der Waals surface area contributed by atoms with E-state index in [1.807, 2.05) is 6.92 Å². The van der Waals surface area contributed by atoms with E-state index in [-0.39, 0.29) is 11.6 Å². The maximum absolute atomic E-state index is 12.4. The second kappa shape index (κ2) is 4.97. The van der Waals surface area contributed by atoms with Crippen LogP contribution >= 0.6 is 0 Å². The molecule has 1 saturated heterocycles. The summed E-state index contributed by atoms with van der Waals surface area (Å²) in [6.07, 6.45) is 1.79. The molecule has 1 aromatic rings. The van der Waals surface area contributed by atoms with E-state index in [0.717, 1.165) is 19.4 Å². The minimum Gasteiger partial charge on any atom is -0.314 e. The van der Waals surface area contributed by atoms with Gasteiger partial charge in [0.1, 0.15) is 0 Å². The van der Waals surface area contributed by atoms with Gasteiger partial charge in [-0.1, -0.05) is 0 Å². The normalized spacial score (nSPS) is 22.2. The fraction of sp³-hybridized carbons (Fsp3) is 0.462. The van der Waals surface area contributed by atoms with E-state index in [0.29, 0.717) is 5.69 Å². The first-order chi connectivity index (χ1) is 8.94. The van der Waals surface area contributed by atoms with Gasteiger partial charge in [0.2, 0.25) is 5.91 Å². The second-order valence-corrected chi connectivity index (χ2v) is 5.00. The van der Waals surface area contributed by atoms with Crippen LogP contribution in [0.3, 0.4) is 0 Å². The van der Waals surface area contributed by atoms with Crippen molar-refractivity contribution in [1.82, 2.24) is 5.32 Å². The highest BCUT2D eigenvalue weighted by molar-refractivity contribution is 5.99. The topological polar surface area (TPSA) is 75.5 Å². The van der Waals surface area contributed by atoms with Crippen LogP contribution in [0.4, 0.5) is 11.4 Å². The molecule has 102 valence electrons. The third-order valence-corrected chi connectivity index (χ3v) is 3.59. The first kappa shape index (κ1) is 13.5. The number of nitro benzene ring substituents is 1. The number of nitrogens with zero attached hydrogens (tertiary/aromatic N) is 2. The van der Waals surface area contributed by atoms with Gasteiger partial charge < -0.3 is 10.2 Å². The molecule has 0 radical (unpaired) electrons. The van der Waals surface area contributed by atoms with E-state index in [1.165, 1.54) is 12.1 Å². The standard InChI is InChI=1S/C13H17N3O3/c1-13(8-3-9-14-13)12(17)15(2)10-4-6-11(7-5-10)16(18)19/h4-7,14H,3,8-9H2,1-2H3. The van der Waals surface area contributed by atoms with Gasteiger partial charge in [0.15, 0.2) is 0 Å². The Kier molecular flexibility index (Phi) is 3.53. The monoisotopic (exact) mass is 263 g/mol. The highest BCUT2D eigenvalue weighted by Crippen LogP contribution is 2.25. The van der Waals surface area contributed by atoms with Crippen LogP contribution in [0.5, 0.6) is 0 Å². The Hall–Kier alpha value is -1.95. The first-order valence-electron chi connectivity index (χ1n) is 6.22. The highest BCUT2D eigenvalue weighted by atomic mass is 16.6. The van der Waals surface area contributed by atoms with Crippen molar-refractivity contribution in [3.05, 3.63) is 34.4 Å². The number of hydrogen-bond donors (Lipinski definition) is 1. The number of nitro groups is 1. The number of carbonyl (C=O) groups excluding carboxylic acids is 1. The Balaban J connectivity index is 2.17. The molecule has 1 N–H and O–H groups in total. The summed E-state index contributed by atoms with van der Waals surface area (Å²) < 4.78 is 0. The Bertz CT molecular complexity index is 492. The van der Waals surface area contributed by atoms with Gasteiger partial charge in [-0.2, -0.15) is 0 Å². The molecule has 0 bridgehead atoms. The van der Waals surface area contributed by atoms with E-state index in [1.54, 1.807) is 24.1 Å². The van der Waals surface area contributed by atoms with Crippen LogP contribution in [0, 0.1) is 10.1 Å². The molecule has 19 heavy (non-hydrogen) atoms. The Morgan fingerprint density at radius 2 is 2.05 bits per heavy atom. The van der Waals surface area contributed by atoms with Crippen LogP contribution in [0.1, 0.15) is 19.8 Å². The average Bonchev–Trinajstić information content (AvgIpc) is 2.85. The molecule has 6 nitrogen and oxygen atoms in total. The molecule has 6 heteroatoms. The van der Waals surface area contributed by atoms with Gasteiger partial charge in [0.05, 0.1) is 10.5 Å². The summed E-state index contributed by atoms with van der Waals surface area (Å²) >= 11 is 0. The van der Waals surface area contributed by atoms with Gasteiger partial charge in [0.25, 0.3) is 5.69 Å². The largest absolute Gasteiger partial charge is 0.314 e. The van der Waals surface area contributed by atoms with Crippen molar-refractivity contribution in [1.29, 1.82) is 0 Å². The number of non-ortho nitro benzene ring substituents is 1. The third-order valence-electron chi connectivity index (χ3n) is 3.59. The Morgan fingerprint density at radius 1 is 1.42 bits per heavy atom. The van der Waals surface area contributed by atoms with Crippen LogP contribution in [-0.2, 0) is 4.79 Å². The fourth-order valence-electron chi connectivity index (χ4n) is 2.36. The molecule has 1 heterocycles. The summed E-state index contributed by atoms with van der Waals surface area (Å²) in [4.78, 5) is 24.1. The van der Waals surface area contributed by atoms with Crippen LogP contribution in [-0.4, -0.2) is 30.0 Å². The van der Waals surface area contributed by atoms with Gasteiger partial charge in [-0.25, -0.2) is 0 Å². The number of likely N-dealkylation sites (N-methyl/N-ethyl adjacent to an activating group) is 1. The lowest BCUT2D eigenvalue weighted by molar-refractivity contribution is -0.384. The molecule has 2 rings (SSSR count). The number of amides is 1. The van der Waals surface area contributed by atoms with Gasteiger partial charge in [-0.05, 0) is 38.4 Å². The molecule has 1 aliphatic heterocycles. The Morgan fingerprint density at radius 3 is 2.53 bits per heavy atom. The zero-order chi connectivity index (χ0) is 14.0. The van der Waals surface area contributed by atoms with Crippen molar-refractivity contribution in [2.24, 2.45) is 0 Å². The first-order valence-corrected chi connectivity index (χ1v) is 6.22. The number of hydrogen-bond acceptors (Lipinski definition) is 4. The lowest BCUT2D eigenvalue weighted by Gasteiger charge is -2.29. The maximum Gasteiger partial charge on any atom is 0.269 e. The lowest BCUT2D eigenvalue weighted by Crippen LogP contribution is -2.51. The van der Waals surface area contributed by atoms with E-state index >= 15 is 0 Å². The van der Waals surface area contributed by atoms with Crippen LogP contribution in [0.2, 0.25) is 0 Å². The van der Waals surface area contributed by atoms with Crippen molar-refractivity contribution >= 4 is 17.3 Å². The van der Waals surface area contributed by atoms with Gasteiger partial charge in [-0.15, -0.1) is 0 Å². The molecule has 0 aromatic heterocycles. The summed E-state index contributed by atoms with van der Waals surface area (Å²) in [5.41, 5.74) is 0.150. The maximum atomic E-state index is 12.4. The summed E-state index contributed by atoms with van der Waals surface area (Å²) in [6, 6.07) is 6.00. The summed E-state index contributed by atoms with van der Waals surface area (Å²) in [7, 11) is 1.69. The van der Waals surface area contributed by atoms with Crippen LogP contribution in [0.25, 0.3) is 0 Å². The summed E-state index contributed by atoms with van der Waals surface area (Å²) in [5, 5.41) is 13.8. The predicted octanol–water partition coefficient (Wildman–Crippen LogP) is 1.70. The van der Waals surface area contributed by atoms with Crippen molar-refractivity contribution in [3.63, 3.8) is 0 Å². The number of benzene rings is 1. The van der Waals surface area contributed by atoms with Crippen molar-refractivity contribution < 1.29 is 9.72 Å². The van der Waals surface area contributed by atoms with E-state index in [4.69, 9.17) is 0 Å². The van der Waals surface area contributed by atoms with Crippen molar-refractivity contribution in [2.45, 2.75) is 25.3 Å². The molecule has 1 aromatic carbocycles. The highest BCUT2D eigenvalue weighted by Gasteiger charge is 2.38. The van der Waals surface area contributed by atoms with E-state index in [9.17, 15) is 14.9 Å². The lowest BCUT2D eigenvalue weighted by atomic mass is 9.98. The molecule has 0 aliphatic carbocycles. The molecular formula is C13H17N3O3. The number of carbonyl (C=O) groups is 1. The number of rotatable bonds is 3. The summed E-state index contributed by atoms with van der Waals surface area (Å²) in [5.74, 6) is -0.0150. The van der Waals surface area contributed by atoms with Crippen LogP contribution < -0.4 is 10.2 Å². The average molecular weight is 263 g/mol. The number of nitrogens with one attached hydrogen (secondary N) is 1. The second-order valence-electron chi connectivity index (χ2n) is 5.00. The van der Waals surface area contributed by atoms with Crippen molar-refractivity contribution in [3.8, 4) is 0 Å². The summed E-state index contributed by atoms with van der Waals surface area (Å²) in [6.45, 7) is 2.74. The quantitative estimate of drug-likeness (QED) is 0.665. The fourth-order valence-corrected chi connectivity index (χ4v) is 2.36. The predicted molar refractivity (Wildman–Crippen MR) is 72.1 cm³/mol. The smallest absolute Gasteiger partial charge is 0.269 e. The zero-order valence-corrected chi connectivity index (χ0v) is 11.0. The van der Waals surface area contributed by atoms with Gasteiger partial charge in [0, 0.05) is 24.9 Å². The van der Waals surface area contributed by atoms with Crippen LogP contribution in [0.15, 0.2) is 24.3 Å². The molecule has 1 unspecified atom stereocenters. The SMILES string of the molecule is CN(C(=O)C1(C)CCCN1)c1ccc([N+](=O)[O-])cc1. The minimum absolute atomic E-state index is 0.0150. The van der Waals surface area contributed by atoms with Gasteiger partial charge >= 0.3 is 0 Å². The molecule has 1 fully saturated rings. The zero-order valence-electron chi connectivity index (χ0n) is 11.0. The van der Waals surface area contributed by atoms with E-state index in [2.05, 4.69) is 5.32 Å². The van der Waals surface area contributed by atoms with Crippen molar-refractivity contribution in [2.75, 3.05) is 18.5 Å². The Labute approximate surface area is 111 Å². The number of anilines is 1. The molecule has 1 amide bonds. The molecule has 0 spiro atoms.